The van der Waals surface area contributed by atoms with Gasteiger partial charge >= 0.3 is 0 Å². The van der Waals surface area contributed by atoms with Crippen LogP contribution in [0.1, 0.15) is 18.9 Å². The van der Waals surface area contributed by atoms with E-state index in [9.17, 15) is 4.39 Å². The molecule has 1 aromatic rings. The van der Waals surface area contributed by atoms with Gasteiger partial charge in [-0.2, -0.15) is 0 Å². The Labute approximate surface area is 82.7 Å². The lowest BCUT2D eigenvalue weighted by atomic mass is 10.1. The quantitative estimate of drug-likeness (QED) is 0.800. The van der Waals surface area contributed by atoms with Gasteiger partial charge in [0.15, 0.2) is 0 Å². The van der Waals surface area contributed by atoms with Gasteiger partial charge < -0.3 is 5.73 Å². The zero-order chi connectivity index (χ0) is 9.84. The van der Waals surface area contributed by atoms with Crippen LogP contribution in [0.5, 0.6) is 0 Å². The topological polar surface area (TPSA) is 26.0 Å². The Bertz CT molecular complexity index is 286. The predicted octanol–water partition coefficient (Wildman–Crippen LogP) is 2.76. The highest BCUT2D eigenvalue weighted by atomic mass is 35.5. The van der Waals surface area contributed by atoms with Crippen LogP contribution < -0.4 is 5.73 Å². The van der Waals surface area contributed by atoms with Crippen LogP contribution in [0.2, 0.25) is 5.02 Å². The summed E-state index contributed by atoms with van der Waals surface area (Å²) in [6.07, 6.45) is 1.67. The first-order chi connectivity index (χ1) is 6.09. The third-order valence-electron chi connectivity index (χ3n) is 1.88. The van der Waals surface area contributed by atoms with E-state index in [0.29, 0.717) is 5.02 Å². The number of hydrogen-bond donors (Lipinski definition) is 1. The first-order valence-electron chi connectivity index (χ1n) is 4.29. The van der Waals surface area contributed by atoms with Gasteiger partial charge in [-0.05, 0) is 37.5 Å². The molecule has 1 rings (SSSR count). The lowest BCUT2D eigenvalue weighted by Crippen LogP contribution is -2.15. The summed E-state index contributed by atoms with van der Waals surface area (Å²) in [4.78, 5) is 0. The first kappa shape index (κ1) is 10.5. The average molecular weight is 202 g/mol. The fourth-order valence-electron chi connectivity index (χ4n) is 1.11. The zero-order valence-corrected chi connectivity index (χ0v) is 8.31. The van der Waals surface area contributed by atoms with E-state index in [1.54, 1.807) is 6.07 Å². The van der Waals surface area contributed by atoms with E-state index in [0.717, 1.165) is 18.4 Å². The Morgan fingerprint density at radius 3 is 2.77 bits per heavy atom. The minimum Gasteiger partial charge on any atom is -0.328 e. The number of aryl methyl sites for hydroxylation is 1. The summed E-state index contributed by atoms with van der Waals surface area (Å²) in [5.41, 5.74) is 6.56. The van der Waals surface area contributed by atoms with Crippen molar-refractivity contribution in [3.05, 3.63) is 34.6 Å². The van der Waals surface area contributed by atoms with Gasteiger partial charge in [0, 0.05) is 11.1 Å². The summed E-state index contributed by atoms with van der Waals surface area (Å²) < 4.78 is 12.6. The molecule has 1 unspecified atom stereocenters. The standard InChI is InChI=1S/C10H13ClFN/c1-7(13)2-3-8-4-5-9(12)6-10(8)11/h4-7H,2-3,13H2,1H3. The summed E-state index contributed by atoms with van der Waals surface area (Å²) in [6.45, 7) is 1.94. The summed E-state index contributed by atoms with van der Waals surface area (Å²) in [5, 5.41) is 0.487. The van der Waals surface area contributed by atoms with Crippen molar-refractivity contribution in [1.29, 1.82) is 0 Å². The highest BCUT2D eigenvalue weighted by molar-refractivity contribution is 6.31. The van der Waals surface area contributed by atoms with Gasteiger partial charge in [-0.15, -0.1) is 0 Å². The Morgan fingerprint density at radius 1 is 1.54 bits per heavy atom. The monoisotopic (exact) mass is 201 g/mol. The molecule has 1 atom stereocenters. The van der Waals surface area contributed by atoms with Gasteiger partial charge in [-0.25, -0.2) is 4.39 Å². The van der Waals surface area contributed by atoms with Crippen molar-refractivity contribution in [2.45, 2.75) is 25.8 Å². The highest BCUT2D eigenvalue weighted by Gasteiger charge is 2.02. The van der Waals surface area contributed by atoms with Crippen molar-refractivity contribution < 1.29 is 4.39 Å². The lowest BCUT2D eigenvalue weighted by Gasteiger charge is -2.06. The van der Waals surface area contributed by atoms with Crippen LogP contribution in [0, 0.1) is 5.82 Å². The minimum atomic E-state index is -0.297. The van der Waals surface area contributed by atoms with Gasteiger partial charge in [-0.3, -0.25) is 0 Å². The number of halogens is 2. The van der Waals surface area contributed by atoms with Gasteiger partial charge in [0.05, 0.1) is 0 Å². The largest absolute Gasteiger partial charge is 0.328 e. The van der Waals surface area contributed by atoms with Gasteiger partial charge in [0.25, 0.3) is 0 Å². The number of rotatable bonds is 3. The molecule has 1 aromatic carbocycles. The van der Waals surface area contributed by atoms with Crippen LogP contribution >= 0.6 is 11.6 Å². The molecule has 0 amide bonds. The third kappa shape index (κ3) is 3.33. The number of nitrogens with two attached hydrogens (primary N) is 1. The Kier molecular flexibility index (Phi) is 3.70. The van der Waals surface area contributed by atoms with Gasteiger partial charge in [0.1, 0.15) is 5.82 Å². The Hall–Kier alpha value is -0.600. The minimum absolute atomic E-state index is 0.154. The molecule has 1 nitrogen and oxygen atoms in total. The highest BCUT2D eigenvalue weighted by Crippen LogP contribution is 2.18. The Balaban J connectivity index is 2.67. The van der Waals surface area contributed by atoms with Crippen LogP contribution in [0.25, 0.3) is 0 Å². The van der Waals surface area contributed by atoms with Crippen LogP contribution in [-0.4, -0.2) is 6.04 Å². The lowest BCUT2D eigenvalue weighted by molar-refractivity contribution is 0.625. The van der Waals surface area contributed by atoms with E-state index in [4.69, 9.17) is 17.3 Å². The molecular weight excluding hydrogens is 189 g/mol. The number of hydrogen-bond acceptors (Lipinski definition) is 1. The summed E-state index contributed by atoms with van der Waals surface area (Å²) in [5.74, 6) is -0.297. The van der Waals surface area contributed by atoms with Gasteiger partial charge in [0.2, 0.25) is 0 Å². The second kappa shape index (κ2) is 4.58. The Morgan fingerprint density at radius 2 is 2.23 bits per heavy atom. The van der Waals surface area contributed by atoms with Crippen molar-refractivity contribution in [2.75, 3.05) is 0 Å². The maximum Gasteiger partial charge on any atom is 0.124 e. The molecule has 3 heteroatoms. The predicted molar refractivity (Wildman–Crippen MR) is 53.4 cm³/mol. The van der Waals surface area contributed by atoms with Gasteiger partial charge in [-0.1, -0.05) is 17.7 Å². The SMILES string of the molecule is CC(N)CCc1ccc(F)cc1Cl. The zero-order valence-electron chi connectivity index (χ0n) is 7.56. The summed E-state index contributed by atoms with van der Waals surface area (Å²) >= 11 is 5.83. The van der Waals surface area contributed by atoms with Crippen molar-refractivity contribution in [1.82, 2.24) is 0 Å². The van der Waals surface area contributed by atoms with Crippen molar-refractivity contribution >= 4 is 11.6 Å². The summed E-state index contributed by atoms with van der Waals surface area (Å²) in [7, 11) is 0. The maximum absolute atomic E-state index is 12.6. The molecule has 0 aromatic heterocycles. The molecule has 0 aliphatic heterocycles. The van der Waals surface area contributed by atoms with Crippen LogP contribution in [-0.2, 0) is 6.42 Å². The number of benzene rings is 1. The second-order valence-corrected chi connectivity index (χ2v) is 3.66. The molecule has 0 saturated heterocycles. The van der Waals surface area contributed by atoms with Crippen LogP contribution in [0.4, 0.5) is 4.39 Å². The molecule has 0 aliphatic carbocycles. The van der Waals surface area contributed by atoms with Crippen LogP contribution in [0.3, 0.4) is 0 Å². The molecule has 13 heavy (non-hydrogen) atoms. The maximum atomic E-state index is 12.6. The molecular formula is C10H13ClFN. The molecule has 0 spiro atoms. The molecule has 0 bridgehead atoms. The van der Waals surface area contributed by atoms with Crippen molar-refractivity contribution in [3.63, 3.8) is 0 Å². The molecule has 0 heterocycles. The van der Waals surface area contributed by atoms with E-state index in [-0.39, 0.29) is 11.9 Å². The molecule has 0 aliphatic rings. The van der Waals surface area contributed by atoms with E-state index >= 15 is 0 Å². The van der Waals surface area contributed by atoms with Crippen LogP contribution in [0.15, 0.2) is 18.2 Å². The van der Waals surface area contributed by atoms with Crippen molar-refractivity contribution in [2.24, 2.45) is 5.73 Å². The summed E-state index contributed by atoms with van der Waals surface area (Å²) in [6, 6.07) is 4.61. The third-order valence-corrected chi connectivity index (χ3v) is 2.24. The second-order valence-electron chi connectivity index (χ2n) is 3.25. The smallest absolute Gasteiger partial charge is 0.124 e. The fraction of sp³-hybridized carbons (Fsp3) is 0.400. The molecule has 0 radical (unpaired) electrons. The molecule has 2 N–H and O–H groups in total. The molecule has 72 valence electrons. The molecule has 0 fully saturated rings. The van der Waals surface area contributed by atoms with E-state index in [2.05, 4.69) is 0 Å². The van der Waals surface area contributed by atoms with E-state index < -0.39 is 0 Å². The van der Waals surface area contributed by atoms with Crippen molar-refractivity contribution in [3.8, 4) is 0 Å². The first-order valence-corrected chi connectivity index (χ1v) is 4.67. The fourth-order valence-corrected chi connectivity index (χ4v) is 1.37. The molecule has 0 saturated carbocycles. The normalized spacial score (nSPS) is 12.9. The van der Waals surface area contributed by atoms with E-state index in [1.165, 1.54) is 12.1 Å². The average Bonchev–Trinajstić information content (AvgIpc) is 2.02. The van der Waals surface area contributed by atoms with E-state index in [1.807, 2.05) is 6.92 Å².